The van der Waals surface area contributed by atoms with Crippen molar-refractivity contribution >= 4 is 0 Å². The van der Waals surface area contributed by atoms with Crippen LogP contribution in [0.4, 0.5) is 0 Å². The summed E-state index contributed by atoms with van der Waals surface area (Å²) in [6, 6.07) is 0.671. The number of methoxy groups -OCH3 is 1. The van der Waals surface area contributed by atoms with Gasteiger partial charge in [0.05, 0.1) is 19.8 Å². The van der Waals surface area contributed by atoms with Gasteiger partial charge >= 0.3 is 0 Å². The van der Waals surface area contributed by atoms with Crippen LogP contribution in [-0.2, 0) is 9.47 Å². The number of hydrogen-bond acceptors (Lipinski definition) is 5. The van der Waals surface area contributed by atoms with E-state index in [0.717, 1.165) is 52.3 Å². The van der Waals surface area contributed by atoms with Gasteiger partial charge in [0.25, 0.3) is 0 Å². The summed E-state index contributed by atoms with van der Waals surface area (Å²) in [5.74, 6) is 0. The molecule has 0 aromatic carbocycles. The van der Waals surface area contributed by atoms with Crippen molar-refractivity contribution in [1.29, 1.82) is 0 Å². The van der Waals surface area contributed by atoms with Crippen molar-refractivity contribution in [2.75, 3.05) is 66.2 Å². The second kappa shape index (κ2) is 10.6. The maximum Gasteiger partial charge on any atom is 0.0700 e. The largest absolute Gasteiger partial charge is 0.382 e. The predicted molar refractivity (Wildman–Crippen MR) is 78.5 cm³/mol. The number of nitrogens with zero attached hydrogens (tertiary/aromatic N) is 2. The van der Waals surface area contributed by atoms with Crippen LogP contribution in [0.2, 0.25) is 0 Å². The van der Waals surface area contributed by atoms with Crippen molar-refractivity contribution in [2.24, 2.45) is 5.73 Å². The van der Waals surface area contributed by atoms with Crippen molar-refractivity contribution in [3.05, 3.63) is 0 Å². The first-order valence-corrected chi connectivity index (χ1v) is 7.55. The van der Waals surface area contributed by atoms with Gasteiger partial charge in [-0.05, 0) is 19.4 Å². The molecule has 0 amide bonds. The molecule has 19 heavy (non-hydrogen) atoms. The van der Waals surface area contributed by atoms with Crippen molar-refractivity contribution < 1.29 is 9.47 Å². The van der Waals surface area contributed by atoms with E-state index in [-0.39, 0.29) is 0 Å². The average Bonchev–Trinajstić information content (AvgIpc) is 2.45. The zero-order chi connectivity index (χ0) is 13.9. The first-order valence-electron chi connectivity index (χ1n) is 7.55. The Morgan fingerprint density at radius 1 is 1.11 bits per heavy atom. The minimum absolute atomic E-state index is 0.671. The molecule has 0 aliphatic carbocycles. The van der Waals surface area contributed by atoms with Crippen LogP contribution < -0.4 is 5.73 Å². The highest BCUT2D eigenvalue weighted by Crippen LogP contribution is 2.11. The van der Waals surface area contributed by atoms with E-state index in [1.54, 1.807) is 7.11 Å². The molecule has 0 aromatic rings. The molecule has 2 N–H and O–H groups in total. The maximum absolute atomic E-state index is 5.68. The number of ether oxygens (including phenoxy) is 2. The molecule has 5 heteroatoms. The van der Waals surface area contributed by atoms with E-state index in [1.807, 2.05) is 0 Å². The minimum atomic E-state index is 0.671. The minimum Gasteiger partial charge on any atom is -0.382 e. The van der Waals surface area contributed by atoms with Crippen LogP contribution in [0.1, 0.15) is 19.8 Å². The third-order valence-corrected chi connectivity index (χ3v) is 3.88. The summed E-state index contributed by atoms with van der Waals surface area (Å²) in [4.78, 5) is 5.08. The summed E-state index contributed by atoms with van der Waals surface area (Å²) < 4.78 is 10.5. The highest BCUT2D eigenvalue weighted by molar-refractivity contribution is 4.78. The van der Waals surface area contributed by atoms with Gasteiger partial charge in [0.2, 0.25) is 0 Å². The fourth-order valence-corrected chi connectivity index (χ4v) is 2.63. The van der Waals surface area contributed by atoms with Gasteiger partial charge in [0, 0.05) is 45.9 Å². The van der Waals surface area contributed by atoms with Crippen molar-refractivity contribution in [3.63, 3.8) is 0 Å². The van der Waals surface area contributed by atoms with Gasteiger partial charge in [-0.2, -0.15) is 0 Å². The normalized spacial score (nSPS) is 19.7. The lowest BCUT2D eigenvalue weighted by molar-refractivity contribution is 0.0388. The molecule has 1 saturated heterocycles. The van der Waals surface area contributed by atoms with Crippen LogP contribution in [0.15, 0.2) is 0 Å². The Bertz CT molecular complexity index is 209. The van der Waals surface area contributed by atoms with Crippen LogP contribution in [0.3, 0.4) is 0 Å². The molecule has 0 radical (unpaired) electrons. The lowest BCUT2D eigenvalue weighted by atomic mass is 10.1. The van der Waals surface area contributed by atoms with Crippen LogP contribution >= 0.6 is 0 Å². The van der Waals surface area contributed by atoms with Crippen molar-refractivity contribution in [3.8, 4) is 0 Å². The van der Waals surface area contributed by atoms with Gasteiger partial charge in [0.1, 0.15) is 0 Å². The second-order valence-electron chi connectivity index (χ2n) is 5.12. The SMILES string of the molecule is CCC(CCN)N1CCN(CCOCCOC)CC1. The highest BCUT2D eigenvalue weighted by Gasteiger charge is 2.21. The molecule has 1 unspecified atom stereocenters. The molecule has 1 fully saturated rings. The van der Waals surface area contributed by atoms with E-state index < -0.39 is 0 Å². The standard InChI is InChI=1S/C14H31N3O2/c1-3-14(4-5-15)17-8-6-16(7-9-17)10-11-19-13-12-18-2/h14H,3-13,15H2,1-2H3. The first-order chi connectivity index (χ1) is 9.31. The van der Waals surface area contributed by atoms with Crippen LogP contribution in [-0.4, -0.2) is 82.0 Å². The Hall–Kier alpha value is -0.200. The molecule has 0 spiro atoms. The zero-order valence-electron chi connectivity index (χ0n) is 12.6. The summed E-state index contributed by atoms with van der Waals surface area (Å²) >= 11 is 0. The molecule has 1 heterocycles. The molecular weight excluding hydrogens is 242 g/mol. The Labute approximate surface area is 118 Å². The van der Waals surface area contributed by atoms with Crippen LogP contribution in [0.25, 0.3) is 0 Å². The molecule has 0 bridgehead atoms. The van der Waals surface area contributed by atoms with Gasteiger partial charge in [-0.25, -0.2) is 0 Å². The summed E-state index contributed by atoms with van der Waals surface area (Å²) in [7, 11) is 1.70. The van der Waals surface area contributed by atoms with Gasteiger partial charge in [-0.1, -0.05) is 6.92 Å². The fourth-order valence-electron chi connectivity index (χ4n) is 2.63. The van der Waals surface area contributed by atoms with Crippen molar-refractivity contribution in [1.82, 2.24) is 9.80 Å². The second-order valence-corrected chi connectivity index (χ2v) is 5.12. The topological polar surface area (TPSA) is 51.0 Å². The molecule has 1 rings (SSSR count). The lowest BCUT2D eigenvalue weighted by Crippen LogP contribution is -2.51. The smallest absolute Gasteiger partial charge is 0.0700 e. The predicted octanol–water partition coefficient (Wildman–Crippen LogP) is 0.394. The van der Waals surface area contributed by atoms with E-state index in [2.05, 4.69) is 16.7 Å². The van der Waals surface area contributed by atoms with Gasteiger partial charge in [0.15, 0.2) is 0 Å². The lowest BCUT2D eigenvalue weighted by Gasteiger charge is -2.39. The molecule has 1 aliphatic heterocycles. The van der Waals surface area contributed by atoms with Crippen molar-refractivity contribution in [2.45, 2.75) is 25.8 Å². The number of piperazine rings is 1. The van der Waals surface area contributed by atoms with E-state index >= 15 is 0 Å². The number of hydrogen-bond donors (Lipinski definition) is 1. The first kappa shape index (κ1) is 16.9. The zero-order valence-corrected chi connectivity index (χ0v) is 12.6. The Balaban J connectivity index is 2.10. The summed E-state index contributed by atoms with van der Waals surface area (Å²) in [5.41, 5.74) is 5.68. The van der Waals surface area contributed by atoms with Gasteiger partial charge in [-0.3, -0.25) is 9.80 Å². The van der Waals surface area contributed by atoms with Gasteiger partial charge in [-0.15, -0.1) is 0 Å². The Morgan fingerprint density at radius 2 is 1.84 bits per heavy atom. The molecule has 5 nitrogen and oxygen atoms in total. The molecular formula is C14H31N3O2. The Kier molecular flexibility index (Phi) is 9.38. The average molecular weight is 273 g/mol. The Morgan fingerprint density at radius 3 is 2.42 bits per heavy atom. The monoisotopic (exact) mass is 273 g/mol. The molecule has 0 aromatic heterocycles. The maximum atomic E-state index is 5.68. The van der Waals surface area contributed by atoms with E-state index in [1.165, 1.54) is 6.42 Å². The fraction of sp³-hybridized carbons (Fsp3) is 1.00. The van der Waals surface area contributed by atoms with E-state index in [4.69, 9.17) is 15.2 Å². The molecule has 114 valence electrons. The highest BCUT2D eigenvalue weighted by atomic mass is 16.5. The van der Waals surface area contributed by atoms with E-state index in [0.29, 0.717) is 19.3 Å². The van der Waals surface area contributed by atoms with Crippen LogP contribution in [0.5, 0.6) is 0 Å². The summed E-state index contributed by atoms with van der Waals surface area (Å²) in [6.45, 7) is 10.9. The van der Waals surface area contributed by atoms with Gasteiger partial charge < -0.3 is 15.2 Å². The third kappa shape index (κ3) is 6.68. The third-order valence-electron chi connectivity index (χ3n) is 3.88. The molecule has 1 aliphatic rings. The molecule has 0 saturated carbocycles. The summed E-state index contributed by atoms with van der Waals surface area (Å²) in [5, 5.41) is 0. The quantitative estimate of drug-likeness (QED) is 0.584. The number of nitrogens with two attached hydrogens (primary N) is 1. The number of rotatable bonds is 10. The summed E-state index contributed by atoms with van der Waals surface area (Å²) in [6.07, 6.45) is 2.33. The van der Waals surface area contributed by atoms with E-state index in [9.17, 15) is 0 Å². The molecule has 1 atom stereocenters. The van der Waals surface area contributed by atoms with Crippen LogP contribution in [0, 0.1) is 0 Å².